The van der Waals surface area contributed by atoms with E-state index in [0.29, 0.717) is 12.0 Å². The molecule has 1 aromatic rings. The van der Waals surface area contributed by atoms with Crippen LogP contribution in [0.15, 0.2) is 35.3 Å². The van der Waals surface area contributed by atoms with Gasteiger partial charge in [-0.25, -0.2) is 4.79 Å². The molecule has 1 aliphatic rings. The Balaban J connectivity index is 2.28. The normalized spacial score (nSPS) is 16.8. The maximum absolute atomic E-state index is 13.8. The Hall–Kier alpha value is -5.83. The van der Waals surface area contributed by atoms with E-state index in [-0.39, 0.29) is 57.1 Å². The van der Waals surface area contributed by atoms with E-state index in [9.17, 15) is 48.6 Å². The van der Waals surface area contributed by atoms with Crippen molar-refractivity contribution >= 4 is 53.3 Å². The number of benzene rings is 1. The molecule has 1 saturated heterocycles. The van der Waals surface area contributed by atoms with Crippen LogP contribution in [0, 0.1) is 5.92 Å². The van der Waals surface area contributed by atoms with Gasteiger partial charge in [0.15, 0.2) is 5.96 Å². The van der Waals surface area contributed by atoms with Crippen LogP contribution in [0.25, 0.3) is 0 Å². The molecule has 21 nitrogen and oxygen atoms in total. The molecule has 1 aliphatic heterocycles. The molecule has 21 heteroatoms. The summed E-state index contributed by atoms with van der Waals surface area (Å²) in [5, 5.41) is 31.6. The molecule has 7 atom stereocenters. The maximum Gasteiger partial charge on any atom is 0.326 e. The van der Waals surface area contributed by atoms with Gasteiger partial charge in [0.1, 0.15) is 42.3 Å². The summed E-state index contributed by atoms with van der Waals surface area (Å²) < 4.78 is 0. The first-order valence-corrected chi connectivity index (χ1v) is 18.6. The zero-order valence-corrected chi connectivity index (χ0v) is 32.4. The second-order valence-corrected chi connectivity index (χ2v) is 14.2. The Labute approximate surface area is 330 Å². The zero-order chi connectivity index (χ0) is 42.8. The van der Waals surface area contributed by atoms with Gasteiger partial charge in [-0.3, -0.25) is 38.6 Å². The van der Waals surface area contributed by atoms with E-state index in [1.165, 1.54) is 6.92 Å². The second-order valence-electron chi connectivity index (χ2n) is 14.2. The number of hydrogen-bond donors (Lipinski definition) is 11. The van der Waals surface area contributed by atoms with E-state index in [2.05, 4.69) is 31.6 Å². The fourth-order valence-corrected chi connectivity index (χ4v) is 6.01. The number of hydrogen-bond acceptors (Lipinski definition) is 11. The van der Waals surface area contributed by atoms with Crippen LogP contribution in [-0.4, -0.2) is 130 Å². The number of primary amides is 1. The van der Waals surface area contributed by atoms with Crippen LogP contribution in [0.4, 0.5) is 0 Å². The summed E-state index contributed by atoms with van der Waals surface area (Å²) in [6.45, 7) is 4.40. The summed E-state index contributed by atoms with van der Waals surface area (Å²) in [6.07, 6.45) is 0.112. The van der Waals surface area contributed by atoms with Crippen LogP contribution in [0.2, 0.25) is 0 Å². The van der Waals surface area contributed by atoms with Crippen molar-refractivity contribution in [1.82, 2.24) is 31.5 Å². The van der Waals surface area contributed by atoms with Crippen LogP contribution in [0.3, 0.4) is 0 Å². The molecule has 0 aromatic heterocycles. The minimum atomic E-state index is -1.54. The standard InChI is InChI=1S/C36H57N11O10/c1-19(2)15-24(44-29(50)20(3)42-32(53)25(45-30(51)22(37)18-48)16-21-9-5-4-6-10-21)33(54)43-23(11-7-13-41-36(39)40)31(52)46-26(17-28(38)49)34(55)47-14-8-12-27(47)35(56)57/h4-6,9-10,19-20,22-27,48H,7-8,11-18,37H2,1-3H3,(H2,38,49)(H,42,53)(H,43,54)(H,44,50)(H,45,51)(H,46,52)(H,56,57)(H4,39,40,41)/t20-,22-,23-,24-,25-,26-,27-/m0/s1. The van der Waals surface area contributed by atoms with E-state index in [0.717, 1.165) is 4.90 Å². The lowest BCUT2D eigenvalue weighted by atomic mass is 10.0. The Morgan fingerprint density at radius 2 is 1.39 bits per heavy atom. The summed E-state index contributed by atoms with van der Waals surface area (Å²) in [4.78, 5) is 109. The van der Waals surface area contributed by atoms with Crippen molar-refractivity contribution in [2.24, 2.45) is 33.8 Å². The van der Waals surface area contributed by atoms with Crippen molar-refractivity contribution in [3.63, 3.8) is 0 Å². The lowest BCUT2D eigenvalue weighted by Crippen LogP contribution is -2.60. The molecule has 1 heterocycles. The van der Waals surface area contributed by atoms with Crippen LogP contribution < -0.4 is 49.5 Å². The van der Waals surface area contributed by atoms with Gasteiger partial charge in [0, 0.05) is 19.5 Å². The highest BCUT2D eigenvalue weighted by atomic mass is 16.4. The molecule has 316 valence electrons. The van der Waals surface area contributed by atoms with Crippen molar-refractivity contribution in [3.8, 4) is 0 Å². The van der Waals surface area contributed by atoms with E-state index in [4.69, 9.17) is 22.9 Å². The van der Waals surface area contributed by atoms with Gasteiger partial charge in [-0.15, -0.1) is 0 Å². The minimum Gasteiger partial charge on any atom is -0.480 e. The monoisotopic (exact) mass is 803 g/mol. The summed E-state index contributed by atoms with van der Waals surface area (Å²) in [5.74, 6) is -7.42. The summed E-state index contributed by atoms with van der Waals surface area (Å²) >= 11 is 0. The van der Waals surface area contributed by atoms with Crippen molar-refractivity contribution < 1.29 is 48.6 Å². The molecule has 15 N–H and O–H groups in total. The fraction of sp³-hybridized carbons (Fsp3) is 0.583. The van der Waals surface area contributed by atoms with Crippen LogP contribution in [0.5, 0.6) is 0 Å². The van der Waals surface area contributed by atoms with Gasteiger partial charge in [0.25, 0.3) is 0 Å². The highest BCUT2D eigenvalue weighted by Gasteiger charge is 2.39. The van der Waals surface area contributed by atoms with Gasteiger partial charge in [-0.2, -0.15) is 0 Å². The largest absolute Gasteiger partial charge is 0.480 e. The second kappa shape index (κ2) is 23.3. The topological polar surface area (TPSA) is 357 Å². The van der Waals surface area contributed by atoms with Crippen LogP contribution in [0.1, 0.15) is 64.9 Å². The summed E-state index contributed by atoms with van der Waals surface area (Å²) in [6, 6.07) is -0.314. The van der Waals surface area contributed by atoms with Crippen LogP contribution in [-0.2, 0) is 44.8 Å². The van der Waals surface area contributed by atoms with E-state index >= 15 is 0 Å². The number of rotatable bonds is 23. The number of guanidine groups is 1. The van der Waals surface area contributed by atoms with E-state index in [1.807, 2.05) is 0 Å². The first-order valence-electron chi connectivity index (χ1n) is 18.6. The van der Waals surface area contributed by atoms with Gasteiger partial charge in [0.05, 0.1) is 13.0 Å². The number of aliphatic hydroxyl groups is 1. The highest BCUT2D eigenvalue weighted by Crippen LogP contribution is 2.19. The maximum atomic E-state index is 13.8. The summed E-state index contributed by atoms with van der Waals surface area (Å²) in [5.41, 5.74) is 22.5. The van der Waals surface area contributed by atoms with Gasteiger partial charge in [0.2, 0.25) is 41.4 Å². The Morgan fingerprint density at radius 3 is 1.96 bits per heavy atom. The quantitative estimate of drug-likeness (QED) is 0.0286. The predicted molar refractivity (Wildman–Crippen MR) is 206 cm³/mol. The smallest absolute Gasteiger partial charge is 0.326 e. The Morgan fingerprint density at radius 1 is 0.807 bits per heavy atom. The molecule has 57 heavy (non-hydrogen) atoms. The zero-order valence-electron chi connectivity index (χ0n) is 32.4. The summed E-state index contributed by atoms with van der Waals surface area (Å²) in [7, 11) is 0. The third-order valence-corrected chi connectivity index (χ3v) is 8.96. The van der Waals surface area contributed by atoms with Gasteiger partial charge in [-0.1, -0.05) is 44.2 Å². The number of carboxylic acids is 1. The van der Waals surface area contributed by atoms with Crippen molar-refractivity contribution in [2.75, 3.05) is 19.7 Å². The minimum absolute atomic E-state index is 0.0278. The average molecular weight is 804 g/mol. The molecule has 0 aliphatic carbocycles. The number of aliphatic hydroxyl groups excluding tert-OH is 1. The number of likely N-dealkylation sites (tertiary alicyclic amines) is 1. The number of carbonyl (C=O) groups is 8. The van der Waals surface area contributed by atoms with Crippen molar-refractivity contribution in [2.45, 2.75) is 108 Å². The molecular weight excluding hydrogens is 746 g/mol. The molecule has 0 unspecified atom stereocenters. The molecule has 7 amide bonds. The van der Waals surface area contributed by atoms with Crippen molar-refractivity contribution in [3.05, 3.63) is 35.9 Å². The molecule has 0 saturated carbocycles. The Kier molecular flexibility index (Phi) is 19.3. The third-order valence-electron chi connectivity index (χ3n) is 8.96. The molecule has 0 bridgehead atoms. The Bertz CT molecular complexity index is 1610. The number of aliphatic imine (C=N–C) groups is 1. The molecule has 1 fully saturated rings. The molecule has 2 rings (SSSR count). The lowest BCUT2D eigenvalue weighted by molar-refractivity contribution is -0.149. The lowest BCUT2D eigenvalue weighted by Gasteiger charge is -2.29. The number of nitrogens with zero attached hydrogens (tertiary/aromatic N) is 2. The molecular formula is C36H57N11O10. The van der Waals surface area contributed by atoms with Gasteiger partial charge < -0.3 is 64.6 Å². The molecule has 1 aromatic carbocycles. The number of carboxylic acid groups (broad SMARTS) is 1. The van der Waals surface area contributed by atoms with Crippen molar-refractivity contribution in [1.29, 1.82) is 0 Å². The molecule has 0 spiro atoms. The highest BCUT2D eigenvalue weighted by molar-refractivity contribution is 5.98. The van der Waals surface area contributed by atoms with E-state index < -0.39 is 103 Å². The van der Waals surface area contributed by atoms with Gasteiger partial charge in [-0.05, 0) is 50.5 Å². The van der Waals surface area contributed by atoms with Crippen LogP contribution >= 0.6 is 0 Å². The average Bonchev–Trinajstić information content (AvgIpc) is 3.65. The first-order chi connectivity index (χ1) is 26.8. The third kappa shape index (κ3) is 16.0. The molecule has 0 radical (unpaired) electrons. The van der Waals surface area contributed by atoms with Gasteiger partial charge >= 0.3 is 5.97 Å². The number of nitrogens with two attached hydrogens (primary N) is 4. The number of aliphatic carboxylic acids is 1. The first kappa shape index (κ1) is 47.3. The number of carbonyl (C=O) groups excluding carboxylic acids is 7. The predicted octanol–water partition coefficient (Wildman–Crippen LogP) is -3.96. The SMILES string of the molecule is CC(C)C[C@H](NC(=O)[C@H](C)NC(=O)[C@H](Cc1ccccc1)NC(=O)[C@@H](N)CO)C(=O)N[C@@H](CCCN=C(N)N)C(=O)N[C@@H](CC(N)=O)C(=O)N1CCC[C@H]1C(=O)O. The number of amides is 7. The van der Waals surface area contributed by atoms with E-state index in [1.54, 1.807) is 44.2 Å². The number of nitrogens with one attached hydrogen (secondary N) is 5. The fourth-order valence-electron chi connectivity index (χ4n) is 6.01.